The summed E-state index contributed by atoms with van der Waals surface area (Å²) in [6, 6.07) is 25.5. The number of hydrogen-bond donors (Lipinski definition) is 5. The van der Waals surface area contributed by atoms with Crippen molar-refractivity contribution in [2.75, 3.05) is 13.1 Å². The number of hydrogen-bond acceptors (Lipinski definition) is 5. The lowest BCUT2D eigenvalue weighted by Crippen LogP contribution is -2.47. The lowest BCUT2D eigenvalue weighted by Gasteiger charge is -2.36. The number of carboxylic acids is 1. The molecular formula is C40H38F2N2O5. The van der Waals surface area contributed by atoms with E-state index in [1.807, 2.05) is 0 Å². The van der Waals surface area contributed by atoms with Gasteiger partial charge in [-0.3, -0.25) is 4.79 Å². The summed E-state index contributed by atoms with van der Waals surface area (Å²) in [5.74, 6) is 9.23. The molecule has 6 N–H and O–H groups in total. The normalized spacial score (nSPS) is 14.6. The maximum Gasteiger partial charge on any atom is 0.335 e. The van der Waals surface area contributed by atoms with Crippen molar-refractivity contribution < 1.29 is 33.7 Å². The van der Waals surface area contributed by atoms with E-state index in [1.165, 1.54) is 24.3 Å². The van der Waals surface area contributed by atoms with Gasteiger partial charge in [0.25, 0.3) is 5.91 Å². The van der Waals surface area contributed by atoms with Gasteiger partial charge in [-0.1, -0.05) is 47.9 Å². The summed E-state index contributed by atoms with van der Waals surface area (Å²) in [5, 5.41) is 30.6. The van der Waals surface area contributed by atoms with E-state index < -0.39 is 17.2 Å². The van der Waals surface area contributed by atoms with Crippen LogP contribution in [0, 0.1) is 35.3 Å². The van der Waals surface area contributed by atoms with E-state index in [-0.39, 0.29) is 29.6 Å². The van der Waals surface area contributed by atoms with Crippen LogP contribution in [0.25, 0.3) is 0 Å². The van der Waals surface area contributed by atoms with Crippen LogP contribution in [-0.4, -0.2) is 51.5 Å². The molecule has 0 spiro atoms. The molecule has 0 saturated heterocycles. The molecule has 49 heavy (non-hydrogen) atoms. The van der Waals surface area contributed by atoms with Gasteiger partial charge < -0.3 is 26.4 Å². The fraction of sp³-hybridized carbons (Fsp3) is 0.250. The van der Waals surface area contributed by atoms with Crippen molar-refractivity contribution in [1.29, 1.82) is 0 Å². The molecule has 7 nitrogen and oxygen atoms in total. The molecule has 0 bridgehead atoms. The van der Waals surface area contributed by atoms with E-state index in [1.54, 1.807) is 72.8 Å². The van der Waals surface area contributed by atoms with Crippen molar-refractivity contribution in [1.82, 2.24) is 5.32 Å². The fourth-order valence-corrected chi connectivity index (χ4v) is 4.70. The number of carboxylic acid groups (broad SMARTS) is 1. The zero-order valence-electron chi connectivity index (χ0n) is 26.9. The lowest BCUT2D eigenvalue weighted by atomic mass is 9.80. The summed E-state index contributed by atoms with van der Waals surface area (Å²) in [7, 11) is 0. The van der Waals surface area contributed by atoms with E-state index >= 15 is 0 Å². The smallest absolute Gasteiger partial charge is 0.335 e. The van der Waals surface area contributed by atoms with Crippen molar-refractivity contribution in [3.05, 3.63) is 142 Å². The van der Waals surface area contributed by atoms with Gasteiger partial charge in [0.05, 0.1) is 27.9 Å². The molecule has 0 unspecified atom stereocenters. The first kappa shape index (κ1) is 36.5. The predicted octanol–water partition coefficient (Wildman–Crippen LogP) is 5.65. The molecule has 4 aromatic rings. The van der Waals surface area contributed by atoms with Crippen LogP contribution in [0.3, 0.4) is 0 Å². The van der Waals surface area contributed by atoms with Crippen molar-refractivity contribution in [2.24, 2.45) is 5.73 Å². The van der Waals surface area contributed by atoms with Crippen LogP contribution in [0.2, 0.25) is 0 Å². The number of carbonyl (C=O) groups excluding carboxylic acids is 1. The molecule has 2 aliphatic carbocycles. The van der Waals surface area contributed by atoms with Crippen molar-refractivity contribution in [3.63, 3.8) is 0 Å². The van der Waals surface area contributed by atoms with E-state index in [0.717, 1.165) is 38.5 Å². The first-order chi connectivity index (χ1) is 23.5. The molecule has 9 heteroatoms. The molecule has 0 aromatic heterocycles. The number of nitrogens with two attached hydrogens (primary N) is 1. The second-order valence-electron chi connectivity index (χ2n) is 12.0. The van der Waals surface area contributed by atoms with Crippen LogP contribution in [0.15, 0.2) is 97.1 Å². The topological polar surface area (TPSA) is 133 Å². The third-order valence-corrected chi connectivity index (χ3v) is 8.24. The van der Waals surface area contributed by atoms with Crippen LogP contribution < -0.4 is 11.1 Å². The summed E-state index contributed by atoms with van der Waals surface area (Å²) >= 11 is 0. The predicted molar refractivity (Wildman–Crippen MR) is 184 cm³/mol. The first-order valence-corrected chi connectivity index (χ1v) is 15.9. The standard InChI is InChI=1S/C20H18FNO2.C15H9FO2.C5H11NO/c21-18-5-2-1-4-16(18)9-6-15-7-10-17(11-8-15)19(23)22-14-20(24)12-3-13-20;16-14-4-2-1-3-12(14)8-5-11-6-9-13(10-7-11)15(17)18;6-4-5(7)2-1-3-5/h1-2,4-5,7-8,10-11,24H,3,12-14H2,(H,22,23);1-4,6-7,9-10H,(H,17,18);7H,1-4,6H2. The molecule has 2 aliphatic rings. The number of benzene rings is 4. The average molecular weight is 665 g/mol. The Morgan fingerprint density at radius 3 is 1.43 bits per heavy atom. The largest absolute Gasteiger partial charge is 0.478 e. The molecule has 6 rings (SSSR count). The Balaban J connectivity index is 0.000000189. The molecule has 2 saturated carbocycles. The Labute approximate surface area is 284 Å². The number of carbonyl (C=O) groups is 2. The van der Waals surface area contributed by atoms with E-state index in [2.05, 4.69) is 29.0 Å². The van der Waals surface area contributed by atoms with Gasteiger partial charge in [-0.25, -0.2) is 13.6 Å². The van der Waals surface area contributed by atoms with Gasteiger partial charge in [-0.2, -0.15) is 0 Å². The maximum absolute atomic E-state index is 13.5. The third-order valence-electron chi connectivity index (χ3n) is 8.24. The van der Waals surface area contributed by atoms with Crippen molar-refractivity contribution >= 4 is 11.9 Å². The van der Waals surface area contributed by atoms with Crippen LogP contribution in [0.1, 0.15) is 81.5 Å². The molecule has 1 amide bonds. The number of aromatic carboxylic acids is 1. The minimum Gasteiger partial charge on any atom is -0.478 e. The number of amides is 1. The summed E-state index contributed by atoms with van der Waals surface area (Å²) in [6.07, 6.45) is 5.43. The number of aliphatic hydroxyl groups is 2. The highest BCUT2D eigenvalue weighted by Gasteiger charge is 2.34. The van der Waals surface area contributed by atoms with Crippen LogP contribution in [-0.2, 0) is 0 Å². The summed E-state index contributed by atoms with van der Waals surface area (Å²) in [6.45, 7) is 0.716. The fourth-order valence-electron chi connectivity index (χ4n) is 4.70. The minimum absolute atomic E-state index is 0.200. The highest BCUT2D eigenvalue weighted by atomic mass is 19.1. The summed E-state index contributed by atoms with van der Waals surface area (Å²) in [4.78, 5) is 22.7. The van der Waals surface area contributed by atoms with Crippen LogP contribution in [0.4, 0.5) is 8.78 Å². The summed E-state index contributed by atoms with van der Waals surface area (Å²) < 4.78 is 26.8. The summed E-state index contributed by atoms with van der Waals surface area (Å²) in [5.41, 5.74) is 6.74. The van der Waals surface area contributed by atoms with Gasteiger partial charge in [-0.05, 0) is 111 Å². The number of rotatable bonds is 5. The highest BCUT2D eigenvalue weighted by Crippen LogP contribution is 2.31. The molecule has 0 atom stereocenters. The second kappa shape index (κ2) is 17.2. The monoisotopic (exact) mass is 664 g/mol. The average Bonchev–Trinajstić information content (AvgIpc) is 3.09. The Bertz CT molecular complexity index is 1860. The number of halogens is 2. The van der Waals surface area contributed by atoms with Gasteiger partial charge in [0.15, 0.2) is 0 Å². The van der Waals surface area contributed by atoms with Crippen LogP contribution >= 0.6 is 0 Å². The molecule has 4 aromatic carbocycles. The van der Waals surface area contributed by atoms with E-state index in [0.29, 0.717) is 34.4 Å². The molecule has 0 radical (unpaired) electrons. The SMILES string of the molecule is NCC1(O)CCC1.O=C(NCC1(O)CCC1)c1ccc(C#Cc2ccccc2F)cc1.O=C(O)c1ccc(C#Cc2ccccc2F)cc1. The van der Waals surface area contributed by atoms with Crippen LogP contribution in [0.5, 0.6) is 0 Å². The van der Waals surface area contributed by atoms with Gasteiger partial charge >= 0.3 is 5.97 Å². The second-order valence-corrected chi connectivity index (χ2v) is 12.0. The van der Waals surface area contributed by atoms with Gasteiger partial charge in [-0.15, -0.1) is 0 Å². The Kier molecular flexibility index (Phi) is 12.8. The van der Waals surface area contributed by atoms with E-state index in [4.69, 9.17) is 15.9 Å². The van der Waals surface area contributed by atoms with Gasteiger partial charge in [0.1, 0.15) is 11.6 Å². The number of nitrogens with one attached hydrogen (secondary N) is 1. The Morgan fingerprint density at radius 2 is 1.08 bits per heavy atom. The molecular weight excluding hydrogens is 626 g/mol. The lowest BCUT2D eigenvalue weighted by molar-refractivity contribution is -0.0300. The van der Waals surface area contributed by atoms with Gasteiger partial charge in [0, 0.05) is 29.8 Å². The quantitative estimate of drug-likeness (QED) is 0.175. The molecule has 0 aliphatic heterocycles. The Morgan fingerprint density at radius 1 is 0.653 bits per heavy atom. The van der Waals surface area contributed by atoms with E-state index in [9.17, 15) is 23.5 Å². The van der Waals surface area contributed by atoms with Crippen molar-refractivity contribution in [3.8, 4) is 23.7 Å². The van der Waals surface area contributed by atoms with Gasteiger partial charge in [0.2, 0.25) is 0 Å². The third kappa shape index (κ3) is 11.1. The minimum atomic E-state index is -0.983. The first-order valence-electron chi connectivity index (χ1n) is 15.9. The maximum atomic E-state index is 13.5. The van der Waals surface area contributed by atoms with Crippen molar-refractivity contribution in [2.45, 2.75) is 49.7 Å². The molecule has 252 valence electrons. The molecule has 2 fully saturated rings. The molecule has 0 heterocycles. The zero-order valence-corrected chi connectivity index (χ0v) is 26.9. The highest BCUT2D eigenvalue weighted by molar-refractivity contribution is 5.94. The Hall–Kier alpha value is -5.32. The zero-order chi connectivity index (χ0) is 35.3.